The average molecular weight is 312 g/mol. The zero-order valence-electron chi connectivity index (χ0n) is 13.5. The van der Waals surface area contributed by atoms with Crippen LogP contribution in [-0.2, 0) is 11.2 Å². The number of benzene rings is 1. The van der Waals surface area contributed by atoms with E-state index in [-0.39, 0.29) is 6.04 Å². The van der Waals surface area contributed by atoms with Crippen LogP contribution in [0.15, 0.2) is 36.7 Å². The van der Waals surface area contributed by atoms with Gasteiger partial charge in [0.2, 0.25) is 0 Å². The van der Waals surface area contributed by atoms with E-state index < -0.39 is 11.7 Å². The molecule has 0 saturated heterocycles. The number of carbonyl (C=O) groups excluding carboxylic acids is 1. The van der Waals surface area contributed by atoms with E-state index in [4.69, 9.17) is 10.00 Å². The molecule has 0 spiro atoms. The third kappa shape index (κ3) is 5.15. The van der Waals surface area contributed by atoms with Crippen molar-refractivity contribution in [1.29, 1.82) is 5.26 Å². The van der Waals surface area contributed by atoms with Gasteiger partial charge >= 0.3 is 6.09 Å². The highest BCUT2D eigenvalue weighted by molar-refractivity contribution is 5.68. The maximum atomic E-state index is 12.0. The molecular weight excluding hydrogens is 292 g/mol. The standard InChI is InChI=1S/C17H20N4O2/c1-17(2,3)23-16(22)21-14(15-19-8-9-20-15)10-12-4-6-13(11-18)7-5-12/h4-9,14H,10H2,1-3H3,(H,19,20)(H,21,22)/t14-/m1/s1. The number of aromatic amines is 1. The maximum absolute atomic E-state index is 12.0. The van der Waals surface area contributed by atoms with Gasteiger partial charge in [-0.15, -0.1) is 0 Å². The first-order chi connectivity index (χ1) is 10.9. The summed E-state index contributed by atoms with van der Waals surface area (Å²) in [4.78, 5) is 19.3. The number of rotatable bonds is 4. The number of hydrogen-bond donors (Lipinski definition) is 2. The van der Waals surface area contributed by atoms with Crippen molar-refractivity contribution in [3.8, 4) is 6.07 Å². The lowest BCUT2D eigenvalue weighted by Gasteiger charge is -2.23. The zero-order valence-corrected chi connectivity index (χ0v) is 13.5. The van der Waals surface area contributed by atoms with Crippen molar-refractivity contribution in [2.24, 2.45) is 0 Å². The Balaban J connectivity index is 2.12. The lowest BCUT2D eigenvalue weighted by molar-refractivity contribution is 0.0501. The molecule has 1 aromatic heterocycles. The molecule has 23 heavy (non-hydrogen) atoms. The van der Waals surface area contributed by atoms with Gasteiger partial charge in [-0.2, -0.15) is 5.26 Å². The molecule has 0 aliphatic rings. The Labute approximate surface area is 135 Å². The van der Waals surface area contributed by atoms with Crippen molar-refractivity contribution in [3.05, 3.63) is 53.6 Å². The quantitative estimate of drug-likeness (QED) is 0.907. The molecule has 0 aliphatic heterocycles. The minimum Gasteiger partial charge on any atom is -0.444 e. The Kier molecular flexibility index (Phi) is 5.02. The van der Waals surface area contributed by atoms with Crippen LogP contribution in [0.4, 0.5) is 4.79 Å². The second-order valence-electron chi connectivity index (χ2n) is 6.19. The molecule has 6 nitrogen and oxygen atoms in total. The second-order valence-corrected chi connectivity index (χ2v) is 6.19. The molecular formula is C17H20N4O2. The van der Waals surface area contributed by atoms with Gasteiger partial charge in [-0.1, -0.05) is 12.1 Å². The van der Waals surface area contributed by atoms with Gasteiger partial charge in [0.25, 0.3) is 0 Å². The molecule has 6 heteroatoms. The lowest BCUT2D eigenvalue weighted by Crippen LogP contribution is -2.36. The van der Waals surface area contributed by atoms with Crippen LogP contribution in [0.1, 0.15) is 43.8 Å². The molecule has 2 aromatic rings. The number of nitrogens with zero attached hydrogens (tertiary/aromatic N) is 2. The summed E-state index contributed by atoms with van der Waals surface area (Å²) in [6.45, 7) is 5.44. The Morgan fingerprint density at radius 3 is 2.61 bits per heavy atom. The number of aromatic nitrogens is 2. The monoisotopic (exact) mass is 312 g/mol. The van der Waals surface area contributed by atoms with E-state index in [0.717, 1.165) is 5.56 Å². The van der Waals surface area contributed by atoms with E-state index in [1.165, 1.54) is 0 Å². The SMILES string of the molecule is CC(C)(C)OC(=O)N[C@H](Cc1ccc(C#N)cc1)c1ncc[nH]1. The molecule has 0 aliphatic carbocycles. The van der Waals surface area contributed by atoms with Crippen LogP contribution in [0.2, 0.25) is 0 Å². The number of H-pyrrole nitrogens is 1. The van der Waals surface area contributed by atoms with Crippen molar-refractivity contribution in [2.45, 2.75) is 38.8 Å². The third-order valence-electron chi connectivity index (χ3n) is 3.06. The molecule has 0 bridgehead atoms. The molecule has 0 saturated carbocycles. The van der Waals surface area contributed by atoms with E-state index in [2.05, 4.69) is 21.4 Å². The Morgan fingerprint density at radius 2 is 2.09 bits per heavy atom. The molecule has 1 atom stereocenters. The summed E-state index contributed by atoms with van der Waals surface area (Å²) in [5.41, 5.74) is 1.02. The van der Waals surface area contributed by atoms with Crippen molar-refractivity contribution >= 4 is 6.09 Å². The van der Waals surface area contributed by atoms with E-state index in [1.54, 1.807) is 24.5 Å². The fourth-order valence-electron chi connectivity index (χ4n) is 2.08. The fourth-order valence-corrected chi connectivity index (χ4v) is 2.08. The molecule has 0 radical (unpaired) electrons. The van der Waals surface area contributed by atoms with Crippen molar-refractivity contribution < 1.29 is 9.53 Å². The number of ether oxygens (including phenoxy) is 1. The van der Waals surface area contributed by atoms with Gasteiger partial charge in [0.15, 0.2) is 0 Å². The first-order valence-electron chi connectivity index (χ1n) is 7.35. The number of nitrogens with one attached hydrogen (secondary N) is 2. The normalized spacial score (nSPS) is 12.3. The minimum atomic E-state index is -0.563. The summed E-state index contributed by atoms with van der Waals surface area (Å²) in [5.74, 6) is 0.653. The lowest BCUT2D eigenvalue weighted by atomic mass is 10.0. The number of imidazole rings is 1. The molecule has 2 N–H and O–H groups in total. The number of amides is 1. The number of hydrogen-bond acceptors (Lipinski definition) is 4. The predicted molar refractivity (Wildman–Crippen MR) is 85.6 cm³/mol. The summed E-state index contributed by atoms with van der Waals surface area (Å²) < 4.78 is 5.31. The Hall–Kier alpha value is -2.81. The first kappa shape index (κ1) is 16.6. The van der Waals surface area contributed by atoms with Gasteiger partial charge in [0, 0.05) is 18.8 Å². The first-order valence-corrected chi connectivity index (χ1v) is 7.35. The largest absolute Gasteiger partial charge is 0.444 e. The molecule has 2 rings (SSSR count). The summed E-state index contributed by atoms with van der Waals surface area (Å²) in [7, 11) is 0. The van der Waals surface area contributed by atoms with Crippen LogP contribution in [0.25, 0.3) is 0 Å². The van der Waals surface area contributed by atoms with Gasteiger partial charge in [-0.05, 0) is 38.5 Å². The molecule has 1 aromatic carbocycles. The van der Waals surface area contributed by atoms with Crippen LogP contribution in [0.3, 0.4) is 0 Å². The van der Waals surface area contributed by atoms with Gasteiger partial charge < -0.3 is 15.0 Å². The van der Waals surface area contributed by atoms with Crippen molar-refractivity contribution in [1.82, 2.24) is 15.3 Å². The molecule has 0 unspecified atom stereocenters. The van der Waals surface area contributed by atoms with Gasteiger partial charge in [0.05, 0.1) is 17.7 Å². The topological polar surface area (TPSA) is 90.8 Å². The third-order valence-corrected chi connectivity index (χ3v) is 3.06. The number of alkyl carbamates (subject to hydrolysis) is 1. The van der Waals surface area contributed by atoms with Crippen LogP contribution < -0.4 is 5.32 Å². The summed E-state index contributed by atoms with van der Waals surface area (Å²) in [6.07, 6.45) is 3.39. The second kappa shape index (κ2) is 6.97. The van der Waals surface area contributed by atoms with E-state index in [9.17, 15) is 4.79 Å². The van der Waals surface area contributed by atoms with E-state index >= 15 is 0 Å². The van der Waals surface area contributed by atoms with Crippen molar-refractivity contribution in [3.63, 3.8) is 0 Å². The van der Waals surface area contributed by atoms with E-state index in [0.29, 0.717) is 17.8 Å². The average Bonchev–Trinajstić information content (AvgIpc) is 2.99. The molecule has 0 fully saturated rings. The predicted octanol–water partition coefficient (Wildman–Crippen LogP) is 3.09. The Morgan fingerprint density at radius 1 is 1.39 bits per heavy atom. The molecule has 1 amide bonds. The summed E-state index contributed by atoms with van der Waals surface area (Å²) in [5, 5.41) is 11.7. The van der Waals surface area contributed by atoms with Gasteiger partial charge in [-0.25, -0.2) is 9.78 Å². The Bertz CT molecular complexity index is 679. The number of carbonyl (C=O) groups is 1. The van der Waals surface area contributed by atoms with Crippen LogP contribution >= 0.6 is 0 Å². The zero-order chi connectivity index (χ0) is 16.9. The van der Waals surface area contributed by atoms with Crippen LogP contribution in [-0.4, -0.2) is 21.7 Å². The van der Waals surface area contributed by atoms with Crippen molar-refractivity contribution in [2.75, 3.05) is 0 Å². The minimum absolute atomic E-state index is 0.340. The fraction of sp³-hybridized carbons (Fsp3) is 0.353. The van der Waals surface area contributed by atoms with Gasteiger partial charge in [-0.3, -0.25) is 0 Å². The molecule has 120 valence electrons. The maximum Gasteiger partial charge on any atom is 0.408 e. The van der Waals surface area contributed by atoms with Gasteiger partial charge in [0.1, 0.15) is 11.4 Å². The highest BCUT2D eigenvalue weighted by atomic mass is 16.6. The van der Waals surface area contributed by atoms with Crippen LogP contribution in [0, 0.1) is 11.3 Å². The number of nitriles is 1. The summed E-state index contributed by atoms with van der Waals surface area (Å²) >= 11 is 0. The van der Waals surface area contributed by atoms with E-state index in [1.807, 2.05) is 32.9 Å². The summed E-state index contributed by atoms with van der Waals surface area (Å²) in [6, 6.07) is 8.98. The molecule has 1 heterocycles. The highest BCUT2D eigenvalue weighted by Crippen LogP contribution is 2.17. The van der Waals surface area contributed by atoms with Crippen LogP contribution in [0.5, 0.6) is 0 Å². The smallest absolute Gasteiger partial charge is 0.408 e. The highest BCUT2D eigenvalue weighted by Gasteiger charge is 2.22.